The second-order valence-corrected chi connectivity index (χ2v) is 10.3. The maximum atomic E-state index is 9.60. The summed E-state index contributed by atoms with van der Waals surface area (Å²) in [4.78, 5) is 11.3. The Hall–Kier alpha value is -1.72. The van der Waals surface area contributed by atoms with Crippen LogP contribution in [0, 0.1) is 6.92 Å². The topological polar surface area (TPSA) is 58.0 Å². The third kappa shape index (κ3) is 6.89. The van der Waals surface area contributed by atoms with Gasteiger partial charge in [0.25, 0.3) is 0 Å². The lowest BCUT2D eigenvalue weighted by molar-refractivity contribution is 0.285. The van der Waals surface area contributed by atoms with Crippen molar-refractivity contribution < 1.29 is 5.11 Å². The molecule has 2 aromatic rings. The molecule has 0 aliphatic carbocycles. The molecule has 4 nitrogen and oxygen atoms in total. The Balaban J connectivity index is 0.00000249. The minimum Gasteiger partial charge on any atom is -0.396 e. The predicted octanol–water partition coefficient (Wildman–Crippen LogP) is 7.21. The summed E-state index contributed by atoms with van der Waals surface area (Å²) < 4.78 is 0. The molecule has 0 saturated heterocycles. The molecule has 180 valence electrons. The Bertz CT molecular complexity index is 871. The van der Waals surface area contributed by atoms with Crippen LogP contribution in [0.4, 0.5) is 5.82 Å². The maximum absolute atomic E-state index is 9.60. The zero-order valence-corrected chi connectivity index (χ0v) is 22.6. The Morgan fingerprint density at radius 2 is 1.81 bits per heavy atom. The van der Waals surface area contributed by atoms with Crippen LogP contribution >= 0.6 is 10.5 Å². The van der Waals surface area contributed by atoms with E-state index in [0.717, 1.165) is 54.1 Å². The molecule has 0 saturated carbocycles. The van der Waals surface area contributed by atoms with Crippen LogP contribution in [-0.2, 0) is 6.42 Å². The molecule has 0 aliphatic rings. The second kappa shape index (κ2) is 14.4. The van der Waals surface area contributed by atoms with Gasteiger partial charge in [0.05, 0.1) is 11.4 Å². The summed E-state index contributed by atoms with van der Waals surface area (Å²) in [6.07, 6.45) is 4.02. The van der Waals surface area contributed by atoms with E-state index in [4.69, 9.17) is 9.97 Å². The summed E-state index contributed by atoms with van der Waals surface area (Å²) in [7, 11) is 1.91. The Kier molecular flexibility index (Phi) is 12.8. The average Bonchev–Trinajstić information content (AvgIpc) is 2.81. The lowest BCUT2D eigenvalue weighted by atomic mass is 10.0. The number of hydrogen-bond acceptors (Lipinski definition) is 4. The van der Waals surface area contributed by atoms with Gasteiger partial charge in [-0.1, -0.05) is 53.3 Å². The fraction of sp³-hybridized carbons (Fsp3) is 0.593. The van der Waals surface area contributed by atoms with E-state index < -0.39 is 0 Å². The van der Waals surface area contributed by atoms with E-state index in [0.29, 0.717) is 11.2 Å². The normalized spacial score (nSPS) is 13.0. The molecule has 2 atom stereocenters. The van der Waals surface area contributed by atoms with Crippen molar-refractivity contribution in [1.82, 2.24) is 9.97 Å². The van der Waals surface area contributed by atoms with Gasteiger partial charge in [-0.05, 0) is 62.8 Å². The molecule has 2 heterocycles. The first-order valence-electron chi connectivity index (χ1n) is 12.2. The van der Waals surface area contributed by atoms with Crippen LogP contribution < -0.4 is 5.32 Å². The molecule has 0 aromatic carbocycles. The number of aliphatic hydroxyl groups excluding tert-OH is 1. The fourth-order valence-electron chi connectivity index (χ4n) is 3.91. The summed E-state index contributed by atoms with van der Waals surface area (Å²) in [5.41, 5.74) is 5.51. The highest BCUT2D eigenvalue weighted by Crippen LogP contribution is 2.40. The lowest BCUT2D eigenvalue weighted by Gasteiger charge is -2.24. The first-order chi connectivity index (χ1) is 15.4. The first-order valence-corrected chi connectivity index (χ1v) is 13.6. The number of aromatic nitrogens is 2. The third-order valence-corrected chi connectivity index (χ3v) is 8.17. The summed E-state index contributed by atoms with van der Waals surface area (Å²) in [6, 6.07) is 6.64. The van der Waals surface area contributed by atoms with E-state index in [-0.39, 0.29) is 17.1 Å². The molecular weight excluding hydrogens is 414 g/mol. The first kappa shape index (κ1) is 28.3. The molecule has 2 rings (SSSR count). The van der Waals surface area contributed by atoms with Gasteiger partial charge in [0.15, 0.2) is 0 Å². The zero-order chi connectivity index (χ0) is 24.3. The Morgan fingerprint density at radius 1 is 1.12 bits per heavy atom. The molecule has 2 unspecified atom stereocenters. The monoisotopic (exact) mass is 459 g/mol. The highest BCUT2D eigenvalue weighted by molar-refractivity contribution is 8.15. The predicted molar refractivity (Wildman–Crippen MR) is 145 cm³/mol. The fourth-order valence-corrected chi connectivity index (χ4v) is 6.42. The van der Waals surface area contributed by atoms with E-state index in [1.54, 1.807) is 0 Å². The standard InChI is InChI=1S/C25H39N3OS.C2H6/c1-8-11-20(14-15-29)30(10-3)23-16-19(9-2)24(27-18(23)6)21-12-13-22(17(4)5)28-25(21)26-7;1-2/h10,12-13,16-17,20,29H,8-9,11,14-15H2,1-7H3,(H,26,28);1-2H3. The highest BCUT2D eigenvalue weighted by atomic mass is 32.2. The van der Waals surface area contributed by atoms with Crippen molar-refractivity contribution in [3.63, 3.8) is 0 Å². The second-order valence-electron chi connectivity index (χ2n) is 8.00. The van der Waals surface area contributed by atoms with Gasteiger partial charge < -0.3 is 10.4 Å². The minimum atomic E-state index is -0.0162. The van der Waals surface area contributed by atoms with E-state index in [2.05, 4.69) is 70.4 Å². The molecule has 0 radical (unpaired) electrons. The molecule has 0 bridgehead atoms. The summed E-state index contributed by atoms with van der Waals surface area (Å²) in [5.74, 6) is 1.28. The molecule has 0 fully saturated rings. The van der Waals surface area contributed by atoms with Gasteiger partial charge in [-0.15, -0.1) is 0 Å². The number of aliphatic hydroxyl groups is 1. The van der Waals surface area contributed by atoms with E-state index in [9.17, 15) is 5.11 Å². The van der Waals surface area contributed by atoms with Gasteiger partial charge in [-0.3, -0.25) is 4.98 Å². The Morgan fingerprint density at radius 3 is 2.31 bits per heavy atom. The van der Waals surface area contributed by atoms with Crippen molar-refractivity contribution in [3.8, 4) is 11.3 Å². The minimum absolute atomic E-state index is 0.0162. The molecule has 0 amide bonds. The van der Waals surface area contributed by atoms with Crippen LogP contribution in [0.25, 0.3) is 11.3 Å². The number of rotatable bonds is 10. The number of pyridine rings is 2. The average molecular weight is 460 g/mol. The molecule has 2 N–H and O–H groups in total. The maximum Gasteiger partial charge on any atom is 0.135 e. The van der Waals surface area contributed by atoms with Crippen molar-refractivity contribution in [2.24, 2.45) is 0 Å². The summed E-state index contributed by atoms with van der Waals surface area (Å²) in [6.45, 7) is 17.3. The van der Waals surface area contributed by atoms with Crippen molar-refractivity contribution in [2.75, 3.05) is 19.0 Å². The van der Waals surface area contributed by atoms with Gasteiger partial charge in [-0.25, -0.2) is 4.98 Å². The van der Waals surface area contributed by atoms with Crippen LogP contribution in [0.5, 0.6) is 0 Å². The van der Waals surface area contributed by atoms with E-state index in [1.807, 2.05) is 20.9 Å². The van der Waals surface area contributed by atoms with Gasteiger partial charge in [0.2, 0.25) is 0 Å². The number of hydrogen-bond donors (Lipinski definition) is 2. The highest BCUT2D eigenvalue weighted by Gasteiger charge is 2.20. The Labute approximate surface area is 199 Å². The van der Waals surface area contributed by atoms with Crippen molar-refractivity contribution in [3.05, 3.63) is 35.2 Å². The molecule has 2 aromatic heterocycles. The van der Waals surface area contributed by atoms with Crippen LogP contribution in [0.1, 0.15) is 90.6 Å². The molecule has 0 spiro atoms. The number of anilines is 1. The number of nitrogens with one attached hydrogen (secondary N) is 1. The van der Waals surface area contributed by atoms with E-state index in [1.165, 1.54) is 10.5 Å². The van der Waals surface area contributed by atoms with E-state index >= 15 is 0 Å². The number of nitrogens with zero attached hydrogens (tertiary/aromatic N) is 2. The largest absolute Gasteiger partial charge is 0.396 e. The quantitative estimate of drug-likeness (QED) is 0.369. The van der Waals surface area contributed by atoms with Gasteiger partial charge in [0.1, 0.15) is 5.82 Å². The number of aryl methyl sites for hydroxylation is 2. The van der Waals surface area contributed by atoms with Gasteiger partial charge in [0, 0.05) is 35.1 Å². The third-order valence-electron chi connectivity index (χ3n) is 5.56. The zero-order valence-electron chi connectivity index (χ0n) is 21.7. The van der Waals surface area contributed by atoms with Gasteiger partial charge in [-0.2, -0.15) is 10.5 Å². The molecule has 0 aliphatic heterocycles. The summed E-state index contributed by atoms with van der Waals surface area (Å²) >= 11 is 0. The van der Waals surface area contributed by atoms with Crippen LogP contribution in [0.3, 0.4) is 0 Å². The van der Waals surface area contributed by atoms with Crippen LogP contribution in [0.2, 0.25) is 0 Å². The molecule has 32 heavy (non-hydrogen) atoms. The smallest absolute Gasteiger partial charge is 0.135 e. The van der Waals surface area contributed by atoms with Crippen molar-refractivity contribution in [2.45, 2.75) is 97.1 Å². The lowest BCUT2D eigenvalue weighted by Crippen LogP contribution is -2.10. The SMILES string of the molecule is C/C=S(\c1cc(CC)c(-c2ccc(C(C)C)nc2NC)nc1C)C(CCC)CCO.CC. The van der Waals surface area contributed by atoms with Gasteiger partial charge >= 0.3 is 0 Å². The van der Waals surface area contributed by atoms with Crippen LogP contribution in [-0.4, -0.2) is 39.3 Å². The van der Waals surface area contributed by atoms with Crippen molar-refractivity contribution in [1.29, 1.82) is 0 Å². The van der Waals surface area contributed by atoms with Crippen molar-refractivity contribution >= 4 is 21.7 Å². The van der Waals surface area contributed by atoms with Crippen LogP contribution in [0.15, 0.2) is 23.1 Å². The summed E-state index contributed by atoms with van der Waals surface area (Å²) in [5, 5.41) is 15.7. The molecule has 5 heteroatoms. The molecular formula is C27H45N3OS.